The van der Waals surface area contributed by atoms with E-state index >= 15 is 0 Å². The molecule has 4 aromatic carbocycles. The van der Waals surface area contributed by atoms with Gasteiger partial charge >= 0.3 is 0 Å². The first-order valence-electron chi connectivity index (χ1n) is 16.2. The molecule has 0 heterocycles. The lowest BCUT2D eigenvalue weighted by Gasteiger charge is -2.34. The van der Waals surface area contributed by atoms with Gasteiger partial charge in [0.25, 0.3) is 0 Å². The smallest absolute Gasteiger partial charge is 0.189 e. The van der Waals surface area contributed by atoms with Crippen molar-refractivity contribution in [1.29, 1.82) is 0 Å². The highest BCUT2D eigenvalue weighted by Gasteiger charge is 2.33. The van der Waals surface area contributed by atoms with Crippen LogP contribution in [0.3, 0.4) is 0 Å². The van der Waals surface area contributed by atoms with E-state index in [1.165, 1.54) is 0 Å². The summed E-state index contributed by atoms with van der Waals surface area (Å²) < 4.78 is 39.4. The van der Waals surface area contributed by atoms with Crippen molar-refractivity contribution in [3.05, 3.63) is 107 Å². The summed E-state index contributed by atoms with van der Waals surface area (Å²) in [6, 6.07) is 28.5. The van der Waals surface area contributed by atoms with Crippen LogP contribution in [0.25, 0.3) is 0 Å². The molecule has 7 nitrogen and oxygen atoms in total. The predicted molar refractivity (Wildman–Crippen MR) is 197 cm³/mol. The molecule has 0 radical (unpaired) electrons. The van der Waals surface area contributed by atoms with Crippen LogP contribution in [0.4, 0.5) is 0 Å². The third kappa shape index (κ3) is 9.73. The Bertz CT molecular complexity index is 1480. The zero-order valence-corrected chi connectivity index (χ0v) is 31.1. The normalized spacial score (nSPS) is 12.0. The minimum atomic E-state index is -1.24. The second-order valence-corrected chi connectivity index (χ2v) is 16.3. The highest BCUT2D eigenvalue weighted by molar-refractivity contribution is 7.71. The van der Waals surface area contributed by atoms with E-state index < -0.39 is 8.07 Å². The summed E-state index contributed by atoms with van der Waals surface area (Å²) in [5.74, 6) is 3.08. The SMILES string of the molecule is COc1cc(P(c2cc(OC)cc(C(C)(C)C)c2OCOCc2ccccc2)N(C)C)c(OCOCc2ccccc2)c(C(C)(C)C)c1. The Labute approximate surface area is 288 Å². The van der Waals surface area contributed by atoms with Gasteiger partial charge in [0.15, 0.2) is 13.6 Å². The highest BCUT2D eigenvalue weighted by atomic mass is 31.1. The molecule has 0 saturated carbocycles. The van der Waals surface area contributed by atoms with Crippen LogP contribution in [-0.4, -0.2) is 46.6 Å². The van der Waals surface area contributed by atoms with Gasteiger partial charge in [0.1, 0.15) is 23.0 Å². The Morgan fingerprint density at radius 3 is 1.25 bits per heavy atom. The summed E-state index contributed by atoms with van der Waals surface area (Å²) in [4.78, 5) is 0. The van der Waals surface area contributed by atoms with Gasteiger partial charge in [0.05, 0.1) is 27.4 Å². The van der Waals surface area contributed by atoms with Crippen molar-refractivity contribution in [3.8, 4) is 23.0 Å². The minimum Gasteiger partial charge on any atom is -0.497 e. The van der Waals surface area contributed by atoms with E-state index in [0.29, 0.717) is 13.2 Å². The minimum absolute atomic E-state index is 0.0932. The van der Waals surface area contributed by atoms with Crippen LogP contribution >= 0.6 is 8.07 Å². The van der Waals surface area contributed by atoms with Gasteiger partial charge in [-0.25, -0.2) is 0 Å². The summed E-state index contributed by atoms with van der Waals surface area (Å²) >= 11 is 0. The third-order valence-corrected chi connectivity index (χ3v) is 10.2. The van der Waals surface area contributed by atoms with Crippen LogP contribution in [0, 0.1) is 0 Å². The van der Waals surface area contributed by atoms with Crippen molar-refractivity contribution in [2.45, 2.75) is 65.6 Å². The van der Waals surface area contributed by atoms with Gasteiger partial charge < -0.3 is 28.4 Å². The maximum absolute atomic E-state index is 6.63. The molecule has 0 aromatic heterocycles. The molecular formula is C40H52NO6P. The van der Waals surface area contributed by atoms with E-state index in [4.69, 9.17) is 28.4 Å². The molecule has 0 unspecified atom stereocenters. The maximum atomic E-state index is 6.63. The number of nitrogens with zero attached hydrogens (tertiary/aromatic N) is 1. The molecule has 0 atom stereocenters. The van der Waals surface area contributed by atoms with Crippen LogP contribution < -0.4 is 29.6 Å². The first kappa shape index (κ1) is 37.2. The molecule has 4 rings (SSSR count). The lowest BCUT2D eigenvalue weighted by molar-refractivity contribution is 0.00469. The fraction of sp³-hybridized carbons (Fsp3) is 0.400. The number of methoxy groups -OCH3 is 2. The molecule has 0 aliphatic rings. The molecule has 258 valence electrons. The average Bonchev–Trinajstić information content (AvgIpc) is 3.05. The molecule has 0 saturated heterocycles. The number of benzene rings is 4. The Hall–Kier alpha value is -3.61. The van der Waals surface area contributed by atoms with E-state index in [1.807, 2.05) is 60.7 Å². The molecule has 0 amide bonds. The van der Waals surface area contributed by atoms with Gasteiger partial charge in [-0.05, 0) is 60.3 Å². The van der Waals surface area contributed by atoms with Gasteiger partial charge in [0.2, 0.25) is 0 Å². The molecule has 0 aliphatic carbocycles. The van der Waals surface area contributed by atoms with Gasteiger partial charge in [0, 0.05) is 29.8 Å². The molecular weight excluding hydrogens is 621 g/mol. The summed E-state index contributed by atoms with van der Waals surface area (Å²) in [7, 11) is 6.34. The number of hydrogen-bond acceptors (Lipinski definition) is 7. The van der Waals surface area contributed by atoms with Crippen LogP contribution in [0.15, 0.2) is 84.9 Å². The van der Waals surface area contributed by atoms with Crippen molar-refractivity contribution < 1.29 is 28.4 Å². The van der Waals surface area contributed by atoms with Gasteiger partial charge in [-0.2, -0.15) is 0 Å². The number of rotatable bonds is 15. The number of ether oxygens (including phenoxy) is 6. The molecule has 48 heavy (non-hydrogen) atoms. The highest BCUT2D eigenvalue weighted by Crippen LogP contribution is 2.48. The van der Waals surface area contributed by atoms with Crippen LogP contribution in [-0.2, 0) is 33.5 Å². The second kappa shape index (κ2) is 16.7. The van der Waals surface area contributed by atoms with Crippen molar-refractivity contribution in [2.75, 3.05) is 41.9 Å². The molecule has 0 aliphatic heterocycles. The zero-order valence-electron chi connectivity index (χ0n) is 30.3. The molecule has 8 heteroatoms. The third-order valence-electron chi connectivity index (χ3n) is 7.83. The van der Waals surface area contributed by atoms with Crippen LogP contribution in [0.2, 0.25) is 0 Å². The average molecular weight is 674 g/mol. The van der Waals surface area contributed by atoms with E-state index in [9.17, 15) is 0 Å². The first-order chi connectivity index (χ1) is 22.8. The Kier molecular flexibility index (Phi) is 12.9. The monoisotopic (exact) mass is 673 g/mol. The van der Waals surface area contributed by atoms with Crippen molar-refractivity contribution in [2.24, 2.45) is 0 Å². The van der Waals surface area contributed by atoms with Crippen LogP contribution in [0.1, 0.15) is 63.8 Å². The fourth-order valence-corrected chi connectivity index (χ4v) is 7.75. The molecule has 4 aromatic rings. The fourth-order valence-electron chi connectivity index (χ4n) is 5.37. The second-order valence-electron chi connectivity index (χ2n) is 13.9. The van der Waals surface area contributed by atoms with Crippen molar-refractivity contribution in [3.63, 3.8) is 0 Å². The van der Waals surface area contributed by atoms with Gasteiger partial charge in [-0.1, -0.05) is 102 Å². The topological polar surface area (TPSA) is 58.6 Å². The number of hydrogen-bond donors (Lipinski definition) is 0. The Balaban J connectivity index is 1.83. The summed E-state index contributed by atoms with van der Waals surface area (Å²) in [5.41, 5.74) is 3.74. The molecule has 0 N–H and O–H groups in total. The van der Waals surface area contributed by atoms with E-state index in [0.717, 1.165) is 55.9 Å². The Morgan fingerprint density at radius 1 is 0.562 bits per heavy atom. The van der Waals surface area contributed by atoms with E-state index in [1.54, 1.807) is 14.2 Å². The summed E-state index contributed by atoms with van der Waals surface area (Å²) in [6.07, 6.45) is 0. The van der Waals surface area contributed by atoms with Crippen LogP contribution in [0.5, 0.6) is 23.0 Å². The molecule has 0 bridgehead atoms. The molecule has 0 spiro atoms. The quantitative estimate of drug-likeness (QED) is 0.0715. The van der Waals surface area contributed by atoms with E-state index in [-0.39, 0.29) is 24.4 Å². The standard InChI is InChI=1S/C40H52NO6P/c1-39(2,3)33-21-31(42-9)23-35(37(33)46-27-44-25-29-17-13-11-14-18-29)48(41(7)8)36-24-32(43-10)22-34(40(4,5)6)38(36)47-28-45-26-30-19-15-12-16-20-30/h11-24H,25-28H2,1-10H3. The largest absolute Gasteiger partial charge is 0.497 e. The summed E-state index contributed by atoms with van der Waals surface area (Å²) in [6.45, 7) is 14.2. The first-order valence-corrected chi connectivity index (χ1v) is 17.5. The lowest BCUT2D eigenvalue weighted by atomic mass is 9.86. The summed E-state index contributed by atoms with van der Waals surface area (Å²) in [5, 5.41) is 1.98. The Morgan fingerprint density at radius 2 is 0.938 bits per heavy atom. The molecule has 0 fully saturated rings. The van der Waals surface area contributed by atoms with Crippen molar-refractivity contribution >= 4 is 18.7 Å². The van der Waals surface area contributed by atoms with Gasteiger partial charge in [-0.3, -0.25) is 4.67 Å². The lowest BCUT2D eigenvalue weighted by Crippen LogP contribution is -2.30. The predicted octanol–water partition coefficient (Wildman–Crippen LogP) is 8.31. The van der Waals surface area contributed by atoms with Crippen molar-refractivity contribution in [1.82, 2.24) is 4.67 Å². The van der Waals surface area contributed by atoms with E-state index in [2.05, 4.69) is 84.6 Å². The maximum Gasteiger partial charge on any atom is 0.189 e. The zero-order chi connectivity index (χ0) is 34.9. The van der Waals surface area contributed by atoms with Gasteiger partial charge in [-0.15, -0.1) is 0 Å².